The summed E-state index contributed by atoms with van der Waals surface area (Å²) in [6.45, 7) is 4.62. The predicted molar refractivity (Wildman–Crippen MR) is 122 cm³/mol. The average Bonchev–Trinajstić information content (AvgIpc) is 2.93. The number of nitrogens with zero attached hydrogens (tertiary/aromatic N) is 3. The molecule has 6 heteroatoms. The van der Waals surface area contributed by atoms with E-state index in [9.17, 15) is 0 Å². The van der Waals surface area contributed by atoms with Crippen molar-refractivity contribution in [1.82, 2.24) is 9.97 Å². The molecule has 150 valence electrons. The van der Waals surface area contributed by atoms with Crippen LogP contribution in [0.3, 0.4) is 0 Å². The Morgan fingerprint density at radius 2 is 2.03 bits per heavy atom. The molecule has 5 nitrogen and oxygen atoms in total. The molecule has 0 spiro atoms. The van der Waals surface area contributed by atoms with Gasteiger partial charge in [0.05, 0.1) is 5.52 Å². The van der Waals surface area contributed by atoms with E-state index >= 15 is 0 Å². The van der Waals surface area contributed by atoms with Crippen LogP contribution in [0.4, 0.5) is 11.8 Å². The number of hydrogen-bond acceptors (Lipinski definition) is 6. The molecule has 0 unspecified atom stereocenters. The summed E-state index contributed by atoms with van der Waals surface area (Å²) in [4.78, 5) is 13.6. The third-order valence-electron chi connectivity index (χ3n) is 6.03. The van der Waals surface area contributed by atoms with Gasteiger partial charge in [-0.15, -0.1) is 11.8 Å². The zero-order valence-corrected chi connectivity index (χ0v) is 17.6. The topological polar surface area (TPSA) is 67.1 Å². The summed E-state index contributed by atoms with van der Waals surface area (Å²) in [5.74, 6) is 2.72. The van der Waals surface area contributed by atoms with Crippen LogP contribution >= 0.6 is 11.8 Å². The minimum atomic E-state index is -0.0978. The molecule has 0 saturated heterocycles. The molecular weight excluding hydrogens is 378 g/mol. The Labute approximate surface area is 176 Å². The summed E-state index contributed by atoms with van der Waals surface area (Å²) in [6, 6.07) is 15.0. The van der Waals surface area contributed by atoms with E-state index in [2.05, 4.69) is 59.6 Å². The number of fused-ring (bicyclic) bond motifs is 2. The molecule has 3 N–H and O–H groups in total. The molecular formula is C23H27N5S. The number of aryl methyl sites for hydroxylation is 1. The van der Waals surface area contributed by atoms with Crippen LogP contribution in [-0.2, 0) is 6.54 Å². The van der Waals surface area contributed by atoms with Crippen molar-refractivity contribution in [3.63, 3.8) is 0 Å². The van der Waals surface area contributed by atoms with Crippen molar-refractivity contribution in [2.75, 3.05) is 29.1 Å². The van der Waals surface area contributed by atoms with Gasteiger partial charge in [0, 0.05) is 41.2 Å². The lowest BCUT2D eigenvalue weighted by Gasteiger charge is -2.38. The van der Waals surface area contributed by atoms with Gasteiger partial charge in [0.2, 0.25) is 5.95 Å². The van der Waals surface area contributed by atoms with E-state index in [1.807, 2.05) is 11.8 Å². The van der Waals surface area contributed by atoms with E-state index in [1.54, 1.807) is 0 Å². The monoisotopic (exact) mass is 405 g/mol. The Bertz CT molecular complexity index is 1050. The van der Waals surface area contributed by atoms with Gasteiger partial charge in [-0.1, -0.05) is 29.8 Å². The average molecular weight is 406 g/mol. The van der Waals surface area contributed by atoms with Crippen molar-refractivity contribution < 1.29 is 0 Å². The summed E-state index contributed by atoms with van der Waals surface area (Å²) >= 11 is 1.91. The van der Waals surface area contributed by atoms with Gasteiger partial charge in [-0.05, 0) is 49.9 Å². The second-order valence-corrected chi connectivity index (χ2v) is 9.48. The van der Waals surface area contributed by atoms with Crippen LogP contribution in [0.2, 0.25) is 0 Å². The van der Waals surface area contributed by atoms with E-state index in [0.717, 1.165) is 60.9 Å². The van der Waals surface area contributed by atoms with Crippen molar-refractivity contribution >= 4 is 34.4 Å². The number of nitrogens with two attached hydrogens (primary N) is 1. The van der Waals surface area contributed by atoms with E-state index in [-0.39, 0.29) is 5.54 Å². The first-order valence-corrected chi connectivity index (χ1v) is 11.4. The number of aromatic nitrogens is 2. The molecule has 1 aliphatic heterocycles. The van der Waals surface area contributed by atoms with Crippen molar-refractivity contribution in [2.24, 2.45) is 5.73 Å². The van der Waals surface area contributed by atoms with Gasteiger partial charge < -0.3 is 16.0 Å². The van der Waals surface area contributed by atoms with Gasteiger partial charge in [0.15, 0.2) is 0 Å². The highest BCUT2D eigenvalue weighted by molar-refractivity contribution is 7.99. The van der Waals surface area contributed by atoms with Gasteiger partial charge in [-0.3, -0.25) is 0 Å². The van der Waals surface area contributed by atoms with Crippen LogP contribution in [0.15, 0.2) is 47.4 Å². The number of hydrogen-bond donors (Lipinski definition) is 2. The number of benzene rings is 2. The first kappa shape index (κ1) is 18.7. The second-order valence-electron chi connectivity index (χ2n) is 8.34. The highest BCUT2D eigenvalue weighted by atomic mass is 32.2. The smallest absolute Gasteiger partial charge is 0.228 e. The third-order valence-corrected chi connectivity index (χ3v) is 7.13. The first-order valence-electron chi connectivity index (χ1n) is 10.4. The van der Waals surface area contributed by atoms with Gasteiger partial charge >= 0.3 is 0 Å². The van der Waals surface area contributed by atoms with E-state index in [0.29, 0.717) is 0 Å². The van der Waals surface area contributed by atoms with Crippen molar-refractivity contribution in [1.29, 1.82) is 0 Å². The summed E-state index contributed by atoms with van der Waals surface area (Å²) in [6.07, 6.45) is 3.38. The van der Waals surface area contributed by atoms with Crippen LogP contribution in [0.25, 0.3) is 10.9 Å². The maximum Gasteiger partial charge on any atom is 0.228 e. The molecule has 29 heavy (non-hydrogen) atoms. The number of rotatable bonds is 4. The first-order chi connectivity index (χ1) is 14.1. The summed E-state index contributed by atoms with van der Waals surface area (Å²) in [7, 11) is 0. The molecule has 0 bridgehead atoms. The molecule has 1 aromatic heterocycles. The molecule has 5 rings (SSSR count). The molecule has 0 atom stereocenters. The minimum absolute atomic E-state index is 0.0978. The van der Waals surface area contributed by atoms with Crippen LogP contribution in [0.1, 0.15) is 30.4 Å². The molecule has 2 aromatic carbocycles. The van der Waals surface area contributed by atoms with E-state index in [1.165, 1.54) is 22.4 Å². The maximum absolute atomic E-state index is 6.46. The van der Waals surface area contributed by atoms with Crippen LogP contribution in [0.5, 0.6) is 0 Å². The van der Waals surface area contributed by atoms with Crippen molar-refractivity contribution in [3.8, 4) is 0 Å². The fraction of sp³-hybridized carbons (Fsp3) is 0.391. The standard InChI is InChI=1S/C23H27N5S/c1-16-7-8-19-18(13-16)21(25-15-23(24)9-4-10-23)27-22(26-19)28-11-12-29-20-6-3-2-5-17(20)14-28/h2-3,5-8,13H,4,9-12,14-15,24H2,1H3,(H,25,26,27). The maximum atomic E-state index is 6.46. The van der Waals surface area contributed by atoms with E-state index in [4.69, 9.17) is 15.7 Å². The Hall–Kier alpha value is -2.31. The van der Waals surface area contributed by atoms with Crippen molar-refractivity contribution in [3.05, 3.63) is 53.6 Å². The largest absolute Gasteiger partial charge is 0.368 e. The molecule has 1 saturated carbocycles. The van der Waals surface area contributed by atoms with Crippen molar-refractivity contribution in [2.45, 2.75) is 43.2 Å². The summed E-state index contributed by atoms with van der Waals surface area (Å²) in [5.41, 5.74) is 9.89. The van der Waals surface area contributed by atoms with E-state index < -0.39 is 0 Å². The Kier molecular flexibility index (Phi) is 4.84. The van der Waals surface area contributed by atoms with Crippen LogP contribution < -0.4 is 16.0 Å². The van der Waals surface area contributed by atoms with Crippen LogP contribution in [-0.4, -0.2) is 34.3 Å². The normalized spacial score (nSPS) is 18.1. The van der Waals surface area contributed by atoms with Crippen LogP contribution in [0, 0.1) is 6.92 Å². The molecule has 0 radical (unpaired) electrons. The zero-order valence-electron chi connectivity index (χ0n) is 16.8. The Balaban J connectivity index is 1.51. The second kappa shape index (κ2) is 7.50. The zero-order chi connectivity index (χ0) is 19.8. The molecule has 1 aliphatic carbocycles. The van der Waals surface area contributed by atoms with Gasteiger partial charge in [-0.25, -0.2) is 4.98 Å². The lowest BCUT2D eigenvalue weighted by Crippen LogP contribution is -2.52. The SMILES string of the molecule is Cc1ccc2nc(N3CCSc4ccccc4C3)nc(NCC3(N)CCC3)c2c1. The number of nitrogens with one attached hydrogen (secondary N) is 1. The summed E-state index contributed by atoms with van der Waals surface area (Å²) < 4.78 is 0. The predicted octanol–water partition coefficient (Wildman–Crippen LogP) is 4.34. The Morgan fingerprint density at radius 3 is 2.86 bits per heavy atom. The number of thioether (sulfide) groups is 1. The third kappa shape index (κ3) is 3.79. The highest BCUT2D eigenvalue weighted by Gasteiger charge is 2.32. The van der Waals surface area contributed by atoms with Gasteiger partial charge in [-0.2, -0.15) is 4.98 Å². The lowest BCUT2D eigenvalue weighted by atomic mass is 9.78. The molecule has 1 fully saturated rings. The molecule has 0 amide bonds. The summed E-state index contributed by atoms with van der Waals surface area (Å²) in [5, 5.41) is 4.63. The highest BCUT2D eigenvalue weighted by Crippen LogP contribution is 2.32. The fourth-order valence-electron chi connectivity index (χ4n) is 4.07. The minimum Gasteiger partial charge on any atom is -0.368 e. The van der Waals surface area contributed by atoms with Gasteiger partial charge in [0.25, 0.3) is 0 Å². The molecule has 2 heterocycles. The Morgan fingerprint density at radius 1 is 1.17 bits per heavy atom. The fourth-order valence-corrected chi connectivity index (χ4v) is 5.09. The lowest BCUT2D eigenvalue weighted by molar-refractivity contribution is 0.265. The van der Waals surface area contributed by atoms with Gasteiger partial charge in [0.1, 0.15) is 5.82 Å². The molecule has 2 aliphatic rings. The number of anilines is 2. The quantitative estimate of drug-likeness (QED) is 0.673. The molecule has 3 aromatic rings.